The summed E-state index contributed by atoms with van der Waals surface area (Å²) in [6.45, 7) is 9.77. The van der Waals surface area contributed by atoms with Crippen LogP contribution in [0.3, 0.4) is 0 Å². The van der Waals surface area contributed by atoms with Crippen LogP contribution in [0.5, 0.6) is 0 Å². The molecule has 50 heavy (non-hydrogen) atoms. The number of rotatable bonds is 12. The van der Waals surface area contributed by atoms with Gasteiger partial charge >= 0.3 is 6.18 Å². The van der Waals surface area contributed by atoms with Gasteiger partial charge in [-0.1, -0.05) is 30.2 Å². The SMILES string of the molecule is C=CC/C=C(C)\C(C#Cc1cnc2n1CCC=C2Nc1cnn(CCN(C)C)c1)=C/CC(=O)Nc1cc(-n2cnc(C)c2)cc(C(F)(F)F)c1. The molecule has 3 aromatic heterocycles. The first kappa shape index (κ1) is 35.7. The van der Waals surface area contributed by atoms with Crippen LogP contribution in [0.1, 0.15) is 49.0 Å². The van der Waals surface area contributed by atoms with Crippen LogP contribution < -0.4 is 10.6 Å². The number of imidazole rings is 2. The quantitative estimate of drug-likeness (QED) is 0.0965. The molecule has 4 aromatic rings. The Labute approximate surface area is 289 Å². The van der Waals surface area contributed by atoms with E-state index in [1.807, 2.05) is 42.5 Å². The minimum Gasteiger partial charge on any atom is -0.350 e. The molecule has 13 heteroatoms. The Hall–Kier alpha value is -5.61. The van der Waals surface area contributed by atoms with Gasteiger partial charge in [0.1, 0.15) is 5.69 Å². The largest absolute Gasteiger partial charge is 0.416 e. The fraction of sp³-hybridized carbons (Fsp3) is 0.297. The molecule has 1 amide bonds. The van der Waals surface area contributed by atoms with Gasteiger partial charge in [-0.15, -0.1) is 6.58 Å². The maximum atomic E-state index is 13.7. The summed E-state index contributed by atoms with van der Waals surface area (Å²) in [6, 6.07) is 3.41. The Morgan fingerprint density at radius 2 is 1.94 bits per heavy atom. The second-order valence-corrected chi connectivity index (χ2v) is 12.2. The molecule has 0 aliphatic carbocycles. The summed E-state index contributed by atoms with van der Waals surface area (Å²) in [5, 5.41) is 10.5. The van der Waals surface area contributed by atoms with E-state index >= 15 is 0 Å². The number of aryl methyl sites for hydroxylation is 1. The number of aromatic nitrogens is 6. The van der Waals surface area contributed by atoms with Crippen LogP contribution in [0.2, 0.25) is 0 Å². The van der Waals surface area contributed by atoms with Crippen molar-refractivity contribution in [3.05, 3.63) is 114 Å². The zero-order chi connectivity index (χ0) is 35.8. The van der Waals surface area contributed by atoms with E-state index in [0.29, 0.717) is 29.9 Å². The number of carbonyl (C=O) groups is 1. The van der Waals surface area contributed by atoms with E-state index in [2.05, 4.69) is 55.1 Å². The highest BCUT2D eigenvalue weighted by Crippen LogP contribution is 2.33. The number of nitrogens with one attached hydrogen (secondary N) is 2. The molecule has 4 heterocycles. The van der Waals surface area contributed by atoms with Gasteiger partial charge in [0.25, 0.3) is 0 Å². The third-order valence-corrected chi connectivity index (χ3v) is 7.86. The van der Waals surface area contributed by atoms with E-state index in [9.17, 15) is 18.0 Å². The Kier molecular flexibility index (Phi) is 11.2. The predicted octanol–water partition coefficient (Wildman–Crippen LogP) is 6.84. The van der Waals surface area contributed by atoms with Crippen LogP contribution in [0.4, 0.5) is 24.5 Å². The molecule has 5 rings (SSSR count). The smallest absolute Gasteiger partial charge is 0.350 e. The molecule has 260 valence electrons. The number of hydrogen-bond acceptors (Lipinski definition) is 6. The van der Waals surface area contributed by atoms with Gasteiger partial charge in [-0.2, -0.15) is 18.3 Å². The van der Waals surface area contributed by atoms with Crippen LogP contribution in [0, 0.1) is 18.8 Å². The average molecular weight is 684 g/mol. The normalized spacial score (nSPS) is 13.4. The molecule has 0 spiro atoms. The first-order valence-electron chi connectivity index (χ1n) is 16.1. The van der Waals surface area contributed by atoms with Crippen LogP contribution in [0.15, 0.2) is 91.3 Å². The van der Waals surface area contributed by atoms with Gasteiger partial charge in [-0.05, 0) is 70.5 Å². The minimum atomic E-state index is -4.60. The van der Waals surface area contributed by atoms with E-state index in [1.165, 1.54) is 17.0 Å². The fourth-order valence-corrected chi connectivity index (χ4v) is 5.24. The lowest BCUT2D eigenvalue weighted by atomic mass is 10.0. The zero-order valence-corrected chi connectivity index (χ0v) is 28.6. The molecule has 0 fully saturated rings. The van der Waals surface area contributed by atoms with Crippen LogP contribution in [-0.4, -0.2) is 60.3 Å². The number of benzene rings is 1. The summed E-state index contributed by atoms with van der Waals surface area (Å²) in [7, 11) is 4.04. The van der Waals surface area contributed by atoms with Gasteiger partial charge in [-0.25, -0.2) is 9.97 Å². The summed E-state index contributed by atoms with van der Waals surface area (Å²) in [5.74, 6) is 6.71. The van der Waals surface area contributed by atoms with E-state index < -0.39 is 17.6 Å². The van der Waals surface area contributed by atoms with Crippen molar-refractivity contribution in [2.75, 3.05) is 31.3 Å². The number of nitrogens with zero attached hydrogens (tertiary/aromatic N) is 7. The maximum absolute atomic E-state index is 13.7. The monoisotopic (exact) mass is 683 g/mol. The van der Waals surface area contributed by atoms with Crippen molar-refractivity contribution in [3.63, 3.8) is 0 Å². The number of likely N-dealkylation sites (N-methyl/N-ethyl adjacent to an activating group) is 1. The standard InChI is InChI=1S/C37H40F3N9O/c1-6-7-9-26(2)28(12-14-35(50)45-30-18-29(37(38,39)40)19-33(20-30)47-23-27(3)42-25-47)11-13-32-22-41-36-34(10-8-15-49(32)36)44-31-21-43-48(24-31)17-16-46(4)5/h6,9-10,12,18-25,44H,1,7-8,14-17H2,2-5H3,(H,45,50)/b26-9-,28-12-. The minimum absolute atomic E-state index is 0.0235. The maximum Gasteiger partial charge on any atom is 0.416 e. The van der Waals surface area contributed by atoms with Crippen molar-refractivity contribution in [2.24, 2.45) is 0 Å². The molecule has 1 aliphatic rings. The van der Waals surface area contributed by atoms with Crippen molar-refractivity contribution in [2.45, 2.75) is 52.4 Å². The molecule has 0 unspecified atom stereocenters. The first-order valence-corrected chi connectivity index (χ1v) is 16.1. The topological polar surface area (TPSA) is 97.8 Å². The predicted molar refractivity (Wildman–Crippen MR) is 189 cm³/mol. The Morgan fingerprint density at radius 3 is 2.66 bits per heavy atom. The molecular formula is C37H40F3N9O. The average Bonchev–Trinajstić information content (AvgIpc) is 3.82. The Bertz CT molecular complexity index is 2010. The van der Waals surface area contributed by atoms with Crippen molar-refractivity contribution in [3.8, 4) is 17.5 Å². The molecular weight excluding hydrogens is 643 g/mol. The number of fused-ring (bicyclic) bond motifs is 1. The molecule has 0 saturated carbocycles. The molecule has 0 atom stereocenters. The number of allylic oxidation sites excluding steroid dienone is 5. The van der Waals surface area contributed by atoms with Crippen molar-refractivity contribution < 1.29 is 18.0 Å². The highest BCUT2D eigenvalue weighted by atomic mass is 19.4. The van der Waals surface area contributed by atoms with Gasteiger partial charge in [0.15, 0.2) is 5.82 Å². The van der Waals surface area contributed by atoms with E-state index in [-0.39, 0.29) is 17.8 Å². The Morgan fingerprint density at radius 1 is 1.12 bits per heavy atom. The zero-order valence-electron chi connectivity index (χ0n) is 28.6. The second-order valence-electron chi connectivity index (χ2n) is 12.2. The fourth-order valence-electron chi connectivity index (χ4n) is 5.24. The molecule has 2 N–H and O–H groups in total. The van der Waals surface area contributed by atoms with Gasteiger partial charge in [-0.3, -0.25) is 9.48 Å². The van der Waals surface area contributed by atoms with Crippen LogP contribution in [0.25, 0.3) is 11.4 Å². The first-order chi connectivity index (χ1) is 23.9. The van der Waals surface area contributed by atoms with Crippen LogP contribution in [-0.2, 0) is 24.1 Å². The van der Waals surface area contributed by atoms with E-state index in [4.69, 9.17) is 0 Å². The second kappa shape index (κ2) is 15.7. The van der Waals surface area contributed by atoms with E-state index in [0.717, 1.165) is 54.4 Å². The number of anilines is 2. The summed E-state index contributed by atoms with van der Waals surface area (Å²) in [6.07, 6.45) is 12.7. The molecule has 1 aromatic carbocycles. The van der Waals surface area contributed by atoms with Gasteiger partial charge in [0, 0.05) is 48.9 Å². The van der Waals surface area contributed by atoms with Crippen molar-refractivity contribution in [1.29, 1.82) is 0 Å². The third kappa shape index (κ3) is 9.29. The van der Waals surface area contributed by atoms with Gasteiger partial charge in [0.2, 0.25) is 5.91 Å². The number of alkyl halides is 3. The van der Waals surface area contributed by atoms with Crippen molar-refractivity contribution >= 4 is 23.0 Å². The molecule has 0 radical (unpaired) electrons. The highest BCUT2D eigenvalue weighted by Gasteiger charge is 2.31. The summed E-state index contributed by atoms with van der Waals surface area (Å²) in [5.41, 5.74) is 3.93. The molecule has 10 nitrogen and oxygen atoms in total. The van der Waals surface area contributed by atoms with Gasteiger partial charge in [0.05, 0.1) is 47.9 Å². The number of hydrogen-bond donors (Lipinski definition) is 2. The van der Waals surface area contributed by atoms with E-state index in [1.54, 1.807) is 37.7 Å². The van der Waals surface area contributed by atoms with Crippen molar-refractivity contribution in [1.82, 2.24) is 33.8 Å². The number of carbonyl (C=O) groups excluding carboxylic acids is 1. The number of halogens is 3. The molecule has 1 aliphatic heterocycles. The molecule has 0 bridgehead atoms. The Balaban J connectivity index is 1.34. The summed E-state index contributed by atoms with van der Waals surface area (Å²) < 4.78 is 46.6. The summed E-state index contributed by atoms with van der Waals surface area (Å²) in [4.78, 5) is 23.9. The number of amides is 1. The lowest BCUT2D eigenvalue weighted by Gasteiger charge is -2.17. The molecule has 0 saturated heterocycles. The third-order valence-electron chi connectivity index (χ3n) is 7.86. The van der Waals surface area contributed by atoms with Gasteiger partial charge < -0.3 is 24.7 Å². The highest BCUT2D eigenvalue weighted by molar-refractivity contribution is 5.92. The lowest BCUT2D eigenvalue weighted by Crippen LogP contribution is -2.18. The van der Waals surface area contributed by atoms with Crippen LogP contribution >= 0.6 is 0 Å². The lowest BCUT2D eigenvalue weighted by molar-refractivity contribution is -0.137. The summed E-state index contributed by atoms with van der Waals surface area (Å²) >= 11 is 0.